The van der Waals surface area contributed by atoms with Gasteiger partial charge in [0.25, 0.3) is 0 Å². The van der Waals surface area contributed by atoms with Crippen LogP contribution in [0.25, 0.3) is 22.4 Å². The molecular formula is C21H16FN7. The maximum Gasteiger partial charge on any atom is 0.227 e. The van der Waals surface area contributed by atoms with Gasteiger partial charge in [0, 0.05) is 17.8 Å². The van der Waals surface area contributed by atoms with Gasteiger partial charge in [-0.3, -0.25) is 4.57 Å². The van der Waals surface area contributed by atoms with Crippen molar-refractivity contribution in [3.8, 4) is 18.5 Å². The van der Waals surface area contributed by atoms with Crippen molar-refractivity contribution in [3.63, 3.8) is 0 Å². The molecule has 0 fully saturated rings. The number of para-hydroxylation sites is 1. The van der Waals surface area contributed by atoms with Gasteiger partial charge in [-0.05, 0) is 24.3 Å². The van der Waals surface area contributed by atoms with Crippen LogP contribution in [0.15, 0.2) is 67.1 Å². The summed E-state index contributed by atoms with van der Waals surface area (Å²) >= 11 is 0. The third-order valence-electron chi connectivity index (χ3n) is 4.30. The molecule has 0 unspecified atom stereocenters. The van der Waals surface area contributed by atoms with Gasteiger partial charge in [0.15, 0.2) is 5.65 Å². The summed E-state index contributed by atoms with van der Waals surface area (Å²) in [4.78, 5) is 13.1. The lowest BCUT2D eigenvalue weighted by Gasteiger charge is -2.11. The second kappa shape index (κ2) is 7.78. The molecule has 0 aliphatic rings. The lowest BCUT2D eigenvalue weighted by molar-refractivity contribution is 0.629. The summed E-state index contributed by atoms with van der Waals surface area (Å²) in [5.41, 5.74) is 3.05. The zero-order valence-electron chi connectivity index (χ0n) is 15.3. The molecule has 3 aromatic heterocycles. The lowest BCUT2D eigenvalue weighted by atomic mass is 10.2. The van der Waals surface area contributed by atoms with Gasteiger partial charge in [0.1, 0.15) is 18.0 Å². The molecule has 2 aromatic carbocycles. The molecule has 0 saturated carbocycles. The summed E-state index contributed by atoms with van der Waals surface area (Å²) in [7, 11) is 0. The van der Waals surface area contributed by atoms with Crippen LogP contribution in [0, 0.1) is 18.7 Å². The number of aromatic nitrogens is 6. The molecule has 0 saturated heterocycles. The van der Waals surface area contributed by atoms with E-state index in [9.17, 15) is 4.39 Å². The highest BCUT2D eigenvalue weighted by Crippen LogP contribution is 2.23. The van der Waals surface area contributed by atoms with E-state index < -0.39 is 0 Å². The minimum Gasteiger partial charge on any atom is -0.347 e. The smallest absolute Gasteiger partial charge is 0.227 e. The zero-order valence-corrected chi connectivity index (χ0v) is 15.3. The van der Waals surface area contributed by atoms with E-state index in [1.54, 1.807) is 22.8 Å². The number of nitrogens with zero attached hydrogens (tertiary/aromatic N) is 6. The summed E-state index contributed by atoms with van der Waals surface area (Å²) in [6.07, 6.45) is 11.1. The molecule has 0 spiro atoms. The van der Waals surface area contributed by atoms with Crippen LogP contribution in [0.3, 0.4) is 0 Å². The third kappa shape index (κ3) is 3.37. The van der Waals surface area contributed by atoms with Crippen molar-refractivity contribution in [2.45, 2.75) is 6.54 Å². The van der Waals surface area contributed by atoms with E-state index >= 15 is 0 Å². The number of rotatable bonds is 4. The summed E-state index contributed by atoms with van der Waals surface area (Å²) < 4.78 is 17.4. The van der Waals surface area contributed by atoms with Crippen molar-refractivity contribution in [1.82, 2.24) is 29.1 Å². The Morgan fingerprint density at radius 1 is 1.00 bits per heavy atom. The number of hydrogen-bond donors (Lipinski definition) is 1. The monoisotopic (exact) mass is 385 g/mol. The molecule has 7 nitrogen and oxygen atoms in total. The minimum absolute atomic E-state index is 0.298. The van der Waals surface area contributed by atoms with Gasteiger partial charge in [-0.2, -0.15) is 9.61 Å². The van der Waals surface area contributed by atoms with Crippen LogP contribution in [-0.2, 0) is 6.54 Å². The van der Waals surface area contributed by atoms with E-state index in [1.807, 2.05) is 34.9 Å². The van der Waals surface area contributed by atoms with Gasteiger partial charge in [0.2, 0.25) is 5.95 Å². The van der Waals surface area contributed by atoms with Crippen molar-refractivity contribution < 1.29 is 4.39 Å². The number of halogens is 1. The quantitative estimate of drug-likeness (QED) is 0.480. The Morgan fingerprint density at radius 2 is 1.83 bits per heavy atom. The first-order valence-electron chi connectivity index (χ1n) is 8.74. The highest BCUT2D eigenvalue weighted by atomic mass is 19.1. The molecule has 0 radical (unpaired) electrons. The predicted octanol–water partition coefficient (Wildman–Crippen LogP) is 3.46. The molecule has 29 heavy (non-hydrogen) atoms. The Kier molecular flexibility index (Phi) is 4.86. The van der Waals surface area contributed by atoms with E-state index in [1.165, 1.54) is 18.5 Å². The molecule has 5 rings (SSSR count). The average molecular weight is 385 g/mol. The summed E-state index contributed by atoms with van der Waals surface area (Å²) in [6.45, 7) is 0.386. The Morgan fingerprint density at radius 3 is 2.66 bits per heavy atom. The van der Waals surface area contributed by atoms with E-state index in [2.05, 4.69) is 38.2 Å². The largest absolute Gasteiger partial charge is 0.347 e. The van der Waals surface area contributed by atoms with Gasteiger partial charge in [-0.1, -0.05) is 18.2 Å². The van der Waals surface area contributed by atoms with Crippen LogP contribution in [-0.4, -0.2) is 29.1 Å². The van der Waals surface area contributed by atoms with Crippen LogP contribution >= 0.6 is 0 Å². The van der Waals surface area contributed by atoms with Crippen molar-refractivity contribution in [1.29, 1.82) is 0 Å². The molecule has 3 heterocycles. The number of benzene rings is 2. The maximum atomic E-state index is 13.8. The topological polar surface area (TPSA) is 72.9 Å². The third-order valence-corrected chi connectivity index (χ3v) is 4.30. The molecule has 0 atom stereocenters. The first-order valence-corrected chi connectivity index (χ1v) is 8.74. The number of nitrogens with one attached hydrogen (secondary N) is 1. The zero-order chi connectivity index (χ0) is 20.2. The lowest BCUT2D eigenvalue weighted by Crippen LogP contribution is -2.11. The summed E-state index contributed by atoms with van der Waals surface area (Å²) in [6, 6.07) is 16.1. The van der Waals surface area contributed by atoms with Gasteiger partial charge in [0.05, 0.1) is 23.8 Å². The second-order valence-corrected chi connectivity index (χ2v) is 5.98. The molecule has 0 bridgehead atoms. The molecular weight excluding hydrogens is 369 g/mol. The predicted molar refractivity (Wildman–Crippen MR) is 109 cm³/mol. The highest BCUT2D eigenvalue weighted by molar-refractivity contribution is 5.78. The number of fused-ring (bicyclic) bond motifs is 2. The number of anilines is 1. The van der Waals surface area contributed by atoms with Gasteiger partial charge < -0.3 is 5.32 Å². The van der Waals surface area contributed by atoms with Crippen molar-refractivity contribution in [2.24, 2.45) is 0 Å². The first kappa shape index (κ1) is 18.1. The first-order chi connectivity index (χ1) is 14.3. The van der Waals surface area contributed by atoms with Gasteiger partial charge in [-0.15, -0.1) is 12.8 Å². The van der Waals surface area contributed by atoms with E-state index in [0.717, 1.165) is 17.0 Å². The van der Waals surface area contributed by atoms with Gasteiger partial charge >= 0.3 is 0 Å². The number of terminal acetylenes is 1. The SMILES string of the molecule is C#C.Fc1ccc2nc(CNc3ncnc4ccnn34)n(-c3ccccc3)c2c1. The molecule has 5 aromatic rings. The van der Waals surface area contributed by atoms with Crippen molar-refractivity contribution in [2.75, 3.05) is 5.32 Å². The van der Waals surface area contributed by atoms with Crippen LogP contribution in [0.1, 0.15) is 5.82 Å². The molecule has 0 amide bonds. The normalized spacial score (nSPS) is 10.6. The average Bonchev–Trinajstić information content (AvgIpc) is 3.38. The Bertz CT molecular complexity index is 1290. The highest BCUT2D eigenvalue weighted by Gasteiger charge is 2.14. The second-order valence-electron chi connectivity index (χ2n) is 5.98. The summed E-state index contributed by atoms with van der Waals surface area (Å²) in [5, 5.41) is 7.47. The molecule has 1 N–H and O–H groups in total. The van der Waals surface area contributed by atoms with E-state index in [0.29, 0.717) is 23.7 Å². The Balaban J connectivity index is 0.000000994. The van der Waals surface area contributed by atoms with Crippen LogP contribution in [0.2, 0.25) is 0 Å². The van der Waals surface area contributed by atoms with Crippen LogP contribution in [0.5, 0.6) is 0 Å². The molecule has 0 aliphatic carbocycles. The van der Waals surface area contributed by atoms with Gasteiger partial charge in [-0.25, -0.2) is 19.3 Å². The maximum absolute atomic E-state index is 13.8. The van der Waals surface area contributed by atoms with E-state index in [-0.39, 0.29) is 5.82 Å². The Hall–Kier alpha value is -4.25. The standard InChI is InChI=1S/C19H14FN7.C2H2/c20-13-6-7-15-16(10-13)26(14-4-2-1-3-5-14)18(25-15)11-21-19-23-12-22-17-8-9-24-27(17)19;1-2/h1-10,12H,11H2,(H,21,22,23);1-2H. The fraction of sp³-hybridized carbons (Fsp3) is 0.0476. The van der Waals surface area contributed by atoms with E-state index in [4.69, 9.17) is 0 Å². The molecule has 0 aliphatic heterocycles. The Labute approximate surface area is 165 Å². The molecule has 8 heteroatoms. The fourth-order valence-electron chi connectivity index (χ4n) is 3.12. The van der Waals surface area contributed by atoms with Crippen LogP contribution in [0.4, 0.5) is 10.3 Å². The number of imidazole rings is 1. The van der Waals surface area contributed by atoms with Crippen LogP contribution < -0.4 is 5.32 Å². The fourth-order valence-corrected chi connectivity index (χ4v) is 3.12. The van der Waals surface area contributed by atoms with Crippen molar-refractivity contribution in [3.05, 3.63) is 78.8 Å². The number of hydrogen-bond acceptors (Lipinski definition) is 5. The van der Waals surface area contributed by atoms with Crippen molar-refractivity contribution >= 4 is 22.6 Å². The minimum atomic E-state index is -0.298. The molecule has 142 valence electrons. The summed E-state index contributed by atoms with van der Waals surface area (Å²) in [5.74, 6) is 0.997.